The van der Waals surface area contributed by atoms with Crippen molar-refractivity contribution < 1.29 is 0 Å². The number of nitrogens with zero attached hydrogens (tertiary/aromatic N) is 2. The molecule has 3 heterocycles. The third kappa shape index (κ3) is 3.17. The van der Waals surface area contributed by atoms with Crippen molar-refractivity contribution >= 4 is 5.96 Å². The van der Waals surface area contributed by atoms with Crippen molar-refractivity contribution in [3.8, 4) is 0 Å². The Morgan fingerprint density at radius 2 is 1.81 bits per heavy atom. The van der Waals surface area contributed by atoms with Gasteiger partial charge in [-0.1, -0.05) is 12.2 Å². The van der Waals surface area contributed by atoms with Crippen molar-refractivity contribution in [1.82, 2.24) is 10.2 Å². The van der Waals surface area contributed by atoms with Crippen LogP contribution >= 0.6 is 0 Å². The largest absolute Gasteiger partial charge is 0.353 e. The first-order chi connectivity index (χ1) is 10.3. The number of piperidine rings is 1. The van der Waals surface area contributed by atoms with Gasteiger partial charge in [0.05, 0.1) is 6.04 Å². The molecule has 3 heteroatoms. The molecule has 0 unspecified atom stereocenters. The Morgan fingerprint density at radius 1 is 1.10 bits per heavy atom. The Balaban J connectivity index is 1.74. The summed E-state index contributed by atoms with van der Waals surface area (Å²) >= 11 is 0. The van der Waals surface area contributed by atoms with Gasteiger partial charge in [0.15, 0.2) is 5.96 Å². The Kier molecular flexibility index (Phi) is 4.67. The van der Waals surface area contributed by atoms with Gasteiger partial charge in [0.25, 0.3) is 0 Å². The molecular formula is C18H29N3. The lowest BCUT2D eigenvalue weighted by atomic mass is 9.84. The second-order valence-corrected chi connectivity index (χ2v) is 6.80. The minimum Gasteiger partial charge on any atom is -0.353 e. The van der Waals surface area contributed by atoms with E-state index in [0.29, 0.717) is 12.1 Å². The van der Waals surface area contributed by atoms with Crippen molar-refractivity contribution in [1.29, 1.82) is 0 Å². The number of hydrogen-bond acceptors (Lipinski definition) is 3. The summed E-state index contributed by atoms with van der Waals surface area (Å²) in [7, 11) is 0. The molecule has 116 valence electrons. The maximum absolute atomic E-state index is 5.04. The van der Waals surface area contributed by atoms with Crippen LogP contribution in [0.25, 0.3) is 0 Å². The lowest BCUT2D eigenvalue weighted by Gasteiger charge is -2.52. The molecule has 0 bridgehead atoms. The highest BCUT2D eigenvalue weighted by atomic mass is 15.4. The van der Waals surface area contributed by atoms with Crippen molar-refractivity contribution in [2.24, 2.45) is 4.99 Å². The topological polar surface area (TPSA) is 27.6 Å². The molecule has 0 radical (unpaired) electrons. The Hall–Kier alpha value is -1.25. The molecule has 0 amide bonds. The molecular weight excluding hydrogens is 258 g/mol. The second-order valence-electron chi connectivity index (χ2n) is 6.80. The van der Waals surface area contributed by atoms with Crippen LogP contribution in [0.4, 0.5) is 0 Å². The highest BCUT2D eigenvalue weighted by molar-refractivity contribution is 5.82. The third-order valence-electron chi connectivity index (χ3n) is 5.27. The van der Waals surface area contributed by atoms with Crippen LogP contribution in [-0.2, 0) is 0 Å². The lowest BCUT2D eigenvalue weighted by molar-refractivity contribution is 0.0989. The van der Waals surface area contributed by atoms with E-state index in [0.717, 1.165) is 31.3 Å². The molecule has 2 saturated heterocycles. The smallest absolute Gasteiger partial charge is 0.194 e. The highest BCUT2D eigenvalue weighted by Gasteiger charge is 2.41. The van der Waals surface area contributed by atoms with Gasteiger partial charge >= 0.3 is 0 Å². The number of nitrogens with one attached hydrogen (secondary N) is 1. The van der Waals surface area contributed by atoms with Gasteiger partial charge in [-0.05, 0) is 57.8 Å². The minimum atomic E-state index is 0.489. The van der Waals surface area contributed by atoms with E-state index in [4.69, 9.17) is 4.99 Å². The van der Waals surface area contributed by atoms with Gasteiger partial charge in [-0.15, -0.1) is 13.2 Å². The zero-order valence-electron chi connectivity index (χ0n) is 13.1. The zero-order valence-corrected chi connectivity index (χ0v) is 13.1. The van der Waals surface area contributed by atoms with Gasteiger partial charge in [0.1, 0.15) is 0 Å². The van der Waals surface area contributed by atoms with Crippen LogP contribution in [-0.4, -0.2) is 35.0 Å². The fourth-order valence-corrected chi connectivity index (χ4v) is 4.26. The Bertz CT molecular complexity index is 415. The molecule has 1 N–H and O–H groups in total. The van der Waals surface area contributed by atoms with E-state index in [2.05, 4.69) is 23.4 Å². The van der Waals surface area contributed by atoms with Crippen LogP contribution in [0, 0.1) is 0 Å². The molecule has 0 saturated carbocycles. The quantitative estimate of drug-likeness (QED) is 0.755. The summed E-state index contributed by atoms with van der Waals surface area (Å²) in [6.07, 6.45) is 15.2. The van der Waals surface area contributed by atoms with Gasteiger partial charge in [-0.25, -0.2) is 4.99 Å². The van der Waals surface area contributed by atoms with Crippen LogP contribution in [0.3, 0.4) is 0 Å². The van der Waals surface area contributed by atoms with Gasteiger partial charge in [0, 0.05) is 18.1 Å². The first-order valence-corrected chi connectivity index (χ1v) is 8.66. The number of guanidine groups is 1. The van der Waals surface area contributed by atoms with Gasteiger partial charge in [0.2, 0.25) is 0 Å². The summed E-state index contributed by atoms with van der Waals surface area (Å²) in [5.74, 6) is 1.20. The SMILES string of the molecule is C=CCC[C@@H]1C[C@@H]2CCC[C@@H]3C[C@H](CCC=C)NC(=N1)N32. The van der Waals surface area contributed by atoms with Gasteiger partial charge < -0.3 is 10.2 Å². The molecule has 21 heavy (non-hydrogen) atoms. The monoisotopic (exact) mass is 287 g/mol. The molecule has 2 fully saturated rings. The van der Waals surface area contributed by atoms with Crippen molar-refractivity contribution in [3.05, 3.63) is 25.3 Å². The fourth-order valence-electron chi connectivity index (χ4n) is 4.26. The Labute approximate surface area is 129 Å². The first-order valence-electron chi connectivity index (χ1n) is 8.66. The first kappa shape index (κ1) is 14.7. The van der Waals surface area contributed by atoms with E-state index in [9.17, 15) is 0 Å². The molecule has 3 aliphatic heterocycles. The average molecular weight is 287 g/mol. The minimum absolute atomic E-state index is 0.489. The van der Waals surface area contributed by atoms with E-state index in [1.165, 1.54) is 44.5 Å². The predicted octanol–water partition coefficient (Wildman–Crippen LogP) is 3.63. The molecule has 3 rings (SSSR count). The van der Waals surface area contributed by atoms with Crippen molar-refractivity contribution in [2.45, 2.75) is 82.0 Å². The van der Waals surface area contributed by atoms with E-state index >= 15 is 0 Å². The summed E-state index contributed by atoms with van der Waals surface area (Å²) in [6.45, 7) is 7.71. The van der Waals surface area contributed by atoms with E-state index < -0.39 is 0 Å². The highest BCUT2D eigenvalue weighted by Crippen LogP contribution is 2.35. The second kappa shape index (κ2) is 6.67. The standard InChI is InChI=1S/C18H29N3/c1-3-5-8-14-12-16-10-7-11-17-13-15(9-6-4-2)20-18(19-14)21(16)17/h3-4,14-17H,1-2,5-13H2,(H,19,20)/t14-,15+,16+,17-. The maximum atomic E-state index is 5.04. The number of rotatable bonds is 6. The molecule has 0 aromatic rings. The maximum Gasteiger partial charge on any atom is 0.194 e. The summed E-state index contributed by atoms with van der Waals surface area (Å²) in [4.78, 5) is 7.66. The van der Waals surface area contributed by atoms with Crippen molar-refractivity contribution in [3.63, 3.8) is 0 Å². The van der Waals surface area contributed by atoms with E-state index in [1.54, 1.807) is 0 Å². The normalized spacial score (nSPS) is 34.5. The fraction of sp³-hybridized carbons (Fsp3) is 0.722. The lowest BCUT2D eigenvalue weighted by Crippen LogP contribution is -2.64. The summed E-state index contributed by atoms with van der Waals surface area (Å²) < 4.78 is 0. The van der Waals surface area contributed by atoms with Crippen LogP contribution in [0.5, 0.6) is 0 Å². The summed E-state index contributed by atoms with van der Waals surface area (Å²) in [5.41, 5.74) is 0. The average Bonchev–Trinajstić information content (AvgIpc) is 2.51. The zero-order chi connectivity index (χ0) is 14.7. The molecule has 3 aliphatic rings. The molecule has 0 spiro atoms. The summed E-state index contributed by atoms with van der Waals surface area (Å²) in [5, 5.41) is 3.73. The van der Waals surface area contributed by atoms with Gasteiger partial charge in [-0.3, -0.25) is 0 Å². The Morgan fingerprint density at radius 3 is 2.57 bits per heavy atom. The predicted molar refractivity (Wildman–Crippen MR) is 89.5 cm³/mol. The van der Waals surface area contributed by atoms with E-state index in [1.807, 2.05) is 12.2 Å². The number of aliphatic imine (C=N–C) groups is 1. The molecule has 3 nitrogen and oxygen atoms in total. The third-order valence-corrected chi connectivity index (χ3v) is 5.27. The van der Waals surface area contributed by atoms with Crippen LogP contribution < -0.4 is 5.32 Å². The molecule has 0 aromatic carbocycles. The molecule has 4 atom stereocenters. The molecule has 0 aliphatic carbocycles. The number of allylic oxidation sites excluding steroid dienone is 2. The summed E-state index contributed by atoms with van der Waals surface area (Å²) in [6, 6.07) is 2.52. The van der Waals surface area contributed by atoms with Crippen LogP contribution in [0.15, 0.2) is 30.3 Å². The van der Waals surface area contributed by atoms with Crippen molar-refractivity contribution in [2.75, 3.05) is 0 Å². The van der Waals surface area contributed by atoms with E-state index in [-0.39, 0.29) is 0 Å². The van der Waals surface area contributed by atoms with Gasteiger partial charge in [-0.2, -0.15) is 0 Å². The van der Waals surface area contributed by atoms with Crippen LogP contribution in [0.2, 0.25) is 0 Å². The number of hydrogen-bond donors (Lipinski definition) is 1. The molecule has 0 aromatic heterocycles. The van der Waals surface area contributed by atoms with Crippen LogP contribution in [0.1, 0.15) is 57.8 Å².